The quantitative estimate of drug-likeness (QED) is 0.725. The Morgan fingerprint density at radius 1 is 1.00 bits per heavy atom. The average Bonchev–Trinajstić information content (AvgIpc) is 2.64. The molecular formula is C19H16N4O. The molecule has 3 heterocycles. The predicted octanol–water partition coefficient (Wildman–Crippen LogP) is 2.87. The van der Waals surface area contributed by atoms with Crippen molar-refractivity contribution in [2.45, 2.75) is 13.0 Å². The van der Waals surface area contributed by atoms with E-state index < -0.39 is 0 Å². The standard InChI is InChI=1S/C19H16N4O/c24-19-14-7-4-8-15-17(14)18(21-22-19)13-9-10-23(11-16(13)20-15)12-5-2-1-3-6-12/h1-8,21H,9-11H2,(H,22,24). The van der Waals surface area contributed by atoms with Crippen LogP contribution < -0.4 is 15.8 Å². The van der Waals surface area contributed by atoms with E-state index in [1.165, 1.54) is 11.3 Å². The van der Waals surface area contributed by atoms with Gasteiger partial charge in [-0.05, 0) is 30.7 Å². The van der Waals surface area contributed by atoms with Gasteiger partial charge in [-0.3, -0.25) is 20.6 Å². The SMILES string of the molecule is O=C1NNc2c3c(nc4cccc1c24)CN(c1ccccc1)CC3. The van der Waals surface area contributed by atoms with Crippen LogP contribution >= 0.6 is 0 Å². The highest BCUT2D eigenvalue weighted by Crippen LogP contribution is 2.36. The zero-order valence-corrected chi connectivity index (χ0v) is 13.0. The number of hydrazine groups is 1. The number of pyridine rings is 1. The Bertz CT molecular complexity index is 968. The number of benzene rings is 2. The lowest BCUT2D eigenvalue weighted by atomic mass is 9.95. The van der Waals surface area contributed by atoms with Crippen molar-refractivity contribution in [1.82, 2.24) is 10.4 Å². The van der Waals surface area contributed by atoms with Crippen LogP contribution in [0.2, 0.25) is 0 Å². The zero-order chi connectivity index (χ0) is 16.1. The van der Waals surface area contributed by atoms with Gasteiger partial charge in [-0.15, -0.1) is 0 Å². The maximum atomic E-state index is 12.1. The molecule has 5 rings (SSSR count). The van der Waals surface area contributed by atoms with Crippen molar-refractivity contribution < 1.29 is 4.79 Å². The number of aromatic nitrogens is 1. The first kappa shape index (κ1) is 13.4. The number of hydrogen-bond donors (Lipinski definition) is 2. The molecule has 0 saturated heterocycles. The summed E-state index contributed by atoms with van der Waals surface area (Å²) < 4.78 is 0. The minimum absolute atomic E-state index is 0.100. The summed E-state index contributed by atoms with van der Waals surface area (Å²) in [6.07, 6.45) is 0.902. The lowest BCUT2D eigenvalue weighted by molar-refractivity contribution is 0.0962. The van der Waals surface area contributed by atoms with Crippen LogP contribution in [-0.2, 0) is 13.0 Å². The second-order valence-electron chi connectivity index (χ2n) is 6.20. The van der Waals surface area contributed by atoms with Crippen molar-refractivity contribution in [2.75, 3.05) is 16.9 Å². The fourth-order valence-electron chi connectivity index (χ4n) is 3.68. The molecule has 0 saturated carbocycles. The van der Waals surface area contributed by atoms with Gasteiger partial charge in [0.25, 0.3) is 5.91 Å². The number of rotatable bonds is 1. The third-order valence-electron chi connectivity index (χ3n) is 4.84. The molecule has 1 amide bonds. The van der Waals surface area contributed by atoms with Gasteiger partial charge in [0.15, 0.2) is 0 Å². The third-order valence-corrected chi connectivity index (χ3v) is 4.84. The Morgan fingerprint density at radius 3 is 2.75 bits per heavy atom. The van der Waals surface area contributed by atoms with E-state index in [9.17, 15) is 4.79 Å². The fraction of sp³-hybridized carbons (Fsp3) is 0.158. The fourth-order valence-corrected chi connectivity index (χ4v) is 3.68. The molecule has 118 valence electrons. The van der Waals surface area contributed by atoms with Crippen molar-refractivity contribution >= 4 is 28.2 Å². The molecule has 0 spiro atoms. The highest BCUT2D eigenvalue weighted by Gasteiger charge is 2.27. The van der Waals surface area contributed by atoms with Crippen LogP contribution in [0.3, 0.4) is 0 Å². The van der Waals surface area contributed by atoms with E-state index in [0.29, 0.717) is 5.56 Å². The summed E-state index contributed by atoms with van der Waals surface area (Å²) >= 11 is 0. The molecule has 3 aromatic rings. The first-order chi connectivity index (χ1) is 11.8. The second-order valence-corrected chi connectivity index (χ2v) is 6.20. The van der Waals surface area contributed by atoms with E-state index in [0.717, 1.165) is 41.8 Å². The van der Waals surface area contributed by atoms with Crippen molar-refractivity contribution in [2.24, 2.45) is 0 Å². The molecule has 0 radical (unpaired) electrons. The van der Waals surface area contributed by atoms with Gasteiger partial charge >= 0.3 is 0 Å². The highest BCUT2D eigenvalue weighted by molar-refractivity contribution is 6.14. The molecule has 0 unspecified atom stereocenters. The van der Waals surface area contributed by atoms with Gasteiger partial charge in [0.2, 0.25) is 0 Å². The largest absolute Gasteiger partial charge is 0.365 e. The van der Waals surface area contributed by atoms with E-state index in [4.69, 9.17) is 4.98 Å². The van der Waals surface area contributed by atoms with E-state index >= 15 is 0 Å². The lowest BCUT2D eigenvalue weighted by Crippen LogP contribution is -2.37. The second kappa shape index (κ2) is 4.96. The van der Waals surface area contributed by atoms with E-state index in [-0.39, 0.29) is 5.91 Å². The first-order valence-corrected chi connectivity index (χ1v) is 8.12. The number of hydrogen-bond acceptors (Lipinski definition) is 4. The number of nitrogens with zero attached hydrogens (tertiary/aromatic N) is 2. The van der Waals surface area contributed by atoms with Crippen LogP contribution in [0.15, 0.2) is 48.5 Å². The van der Waals surface area contributed by atoms with Crippen LogP contribution in [0.5, 0.6) is 0 Å². The third kappa shape index (κ3) is 1.88. The number of amides is 1. The van der Waals surface area contributed by atoms with E-state index in [1.807, 2.05) is 24.3 Å². The molecule has 5 heteroatoms. The molecule has 1 aromatic heterocycles. The van der Waals surface area contributed by atoms with Crippen LogP contribution in [0.1, 0.15) is 21.6 Å². The molecule has 24 heavy (non-hydrogen) atoms. The van der Waals surface area contributed by atoms with Gasteiger partial charge in [0, 0.05) is 23.2 Å². The number of nitrogens with one attached hydrogen (secondary N) is 2. The molecule has 0 fully saturated rings. The van der Waals surface area contributed by atoms with Crippen molar-refractivity contribution in [3.05, 3.63) is 65.4 Å². The van der Waals surface area contributed by atoms with Gasteiger partial charge in [0.1, 0.15) is 0 Å². The monoisotopic (exact) mass is 316 g/mol. The highest BCUT2D eigenvalue weighted by atomic mass is 16.2. The van der Waals surface area contributed by atoms with Gasteiger partial charge < -0.3 is 4.90 Å². The normalized spacial score (nSPS) is 15.7. The molecule has 0 atom stereocenters. The zero-order valence-electron chi connectivity index (χ0n) is 13.0. The smallest absolute Gasteiger partial charge is 0.270 e. The Balaban J connectivity index is 1.66. The van der Waals surface area contributed by atoms with Crippen molar-refractivity contribution in [1.29, 1.82) is 0 Å². The molecular weight excluding hydrogens is 300 g/mol. The van der Waals surface area contributed by atoms with Crippen molar-refractivity contribution in [3.63, 3.8) is 0 Å². The molecule has 0 bridgehead atoms. The summed E-state index contributed by atoms with van der Waals surface area (Å²) in [5.41, 5.74) is 11.9. The number of carbonyl (C=O) groups is 1. The Morgan fingerprint density at radius 2 is 1.88 bits per heavy atom. The van der Waals surface area contributed by atoms with Crippen LogP contribution in [0.4, 0.5) is 11.4 Å². The average molecular weight is 316 g/mol. The number of para-hydroxylation sites is 1. The van der Waals surface area contributed by atoms with Gasteiger partial charge in [-0.1, -0.05) is 24.3 Å². The molecule has 2 N–H and O–H groups in total. The topological polar surface area (TPSA) is 57.3 Å². The summed E-state index contributed by atoms with van der Waals surface area (Å²) in [4.78, 5) is 19.3. The minimum Gasteiger partial charge on any atom is -0.365 e. The molecule has 2 aliphatic heterocycles. The van der Waals surface area contributed by atoms with Crippen LogP contribution in [0, 0.1) is 0 Å². The number of carbonyl (C=O) groups excluding carboxylic acids is 1. The van der Waals surface area contributed by atoms with Crippen molar-refractivity contribution in [3.8, 4) is 0 Å². The summed E-state index contributed by atoms with van der Waals surface area (Å²) in [7, 11) is 0. The summed E-state index contributed by atoms with van der Waals surface area (Å²) in [6, 6.07) is 16.1. The molecule has 2 aliphatic rings. The Kier molecular flexibility index (Phi) is 2.76. The first-order valence-electron chi connectivity index (χ1n) is 8.12. The van der Waals surface area contributed by atoms with Crippen LogP contribution in [0.25, 0.3) is 10.9 Å². The Labute approximate surface area is 139 Å². The molecule has 2 aromatic carbocycles. The van der Waals surface area contributed by atoms with E-state index in [1.54, 1.807) is 0 Å². The Hall–Kier alpha value is -3.08. The van der Waals surface area contributed by atoms with Crippen LogP contribution in [-0.4, -0.2) is 17.4 Å². The number of anilines is 2. The molecule has 5 nitrogen and oxygen atoms in total. The summed E-state index contributed by atoms with van der Waals surface area (Å²) in [6.45, 7) is 1.72. The van der Waals surface area contributed by atoms with E-state index in [2.05, 4.69) is 40.0 Å². The van der Waals surface area contributed by atoms with Gasteiger partial charge in [-0.2, -0.15) is 0 Å². The molecule has 0 aliphatic carbocycles. The minimum atomic E-state index is -0.100. The van der Waals surface area contributed by atoms with Gasteiger partial charge in [0.05, 0.1) is 29.0 Å². The van der Waals surface area contributed by atoms with Gasteiger partial charge in [-0.25, -0.2) is 0 Å². The summed E-state index contributed by atoms with van der Waals surface area (Å²) in [5.74, 6) is -0.100. The summed E-state index contributed by atoms with van der Waals surface area (Å²) in [5, 5.41) is 0.938. The predicted molar refractivity (Wildman–Crippen MR) is 94.0 cm³/mol. The maximum absolute atomic E-state index is 12.1. The number of fused-ring (bicyclic) bond motifs is 2. The lowest BCUT2D eigenvalue weighted by Gasteiger charge is -2.33. The maximum Gasteiger partial charge on any atom is 0.270 e.